The van der Waals surface area contributed by atoms with Gasteiger partial charge in [0.15, 0.2) is 5.82 Å². The van der Waals surface area contributed by atoms with Crippen molar-refractivity contribution in [2.75, 3.05) is 19.5 Å². The number of nitrogens with one attached hydrogen (secondary N) is 1. The Bertz CT molecular complexity index is 4190. The molecule has 3 N–H and O–H groups in total. The van der Waals surface area contributed by atoms with Crippen LogP contribution in [0.2, 0.25) is 10.0 Å². The second kappa shape index (κ2) is 28.6. The molecule has 10 aromatic carbocycles. The van der Waals surface area contributed by atoms with Crippen LogP contribution in [-0.4, -0.2) is 57.9 Å². The fraction of sp³-hybridized carbons (Fsp3) is 0.0833. The minimum atomic E-state index is -1.01. The van der Waals surface area contributed by atoms with Gasteiger partial charge in [0.25, 0.3) is 0 Å². The summed E-state index contributed by atoms with van der Waals surface area (Å²) >= 11 is 15.5. The van der Waals surface area contributed by atoms with E-state index in [1.807, 2.05) is 222 Å². The quantitative estimate of drug-likeness (QED) is 0.0434. The van der Waals surface area contributed by atoms with Crippen molar-refractivity contribution in [2.24, 2.45) is 5.73 Å². The summed E-state index contributed by atoms with van der Waals surface area (Å²) in [6, 6.07) is 86.5. The van der Waals surface area contributed by atoms with E-state index in [1.54, 1.807) is 18.2 Å². The van der Waals surface area contributed by atoms with Gasteiger partial charge in [-0.1, -0.05) is 266 Å². The van der Waals surface area contributed by atoms with Gasteiger partial charge in [0.2, 0.25) is 0 Å². The van der Waals surface area contributed by atoms with Crippen LogP contribution < -0.4 is 11.1 Å². The molecule has 2 amide bonds. The monoisotopic (exact) mass is 1330 g/mol. The molecule has 2 heterocycles. The van der Waals surface area contributed by atoms with Crippen molar-refractivity contribution in [3.05, 3.63) is 336 Å². The Morgan fingerprint density at radius 1 is 0.449 bits per heavy atom. The van der Waals surface area contributed by atoms with Gasteiger partial charge in [-0.2, -0.15) is 10.2 Å². The number of methoxy groups -OCH3 is 2. The minimum absolute atomic E-state index is 0.0759. The van der Waals surface area contributed by atoms with Crippen LogP contribution >= 0.6 is 45.8 Å². The van der Waals surface area contributed by atoms with Crippen molar-refractivity contribution in [3.8, 4) is 0 Å². The number of halogens is 3. The number of nitrogens with zero attached hydrogens (tertiary/aromatic N) is 4. The number of anilines is 1. The summed E-state index contributed by atoms with van der Waals surface area (Å²) in [5.41, 5.74) is 12.6. The number of carbonyl (C=O) groups is 4. The Balaban J connectivity index is 0.000000171. The van der Waals surface area contributed by atoms with Gasteiger partial charge < -0.3 is 24.7 Å². The second-order valence-corrected chi connectivity index (χ2v) is 21.9. The Morgan fingerprint density at radius 2 is 0.753 bits per heavy atom. The maximum Gasteiger partial charge on any atom is 0.413 e. The Hall–Kier alpha value is -10.1. The number of hydrogen-bond donors (Lipinski definition) is 2. The van der Waals surface area contributed by atoms with Crippen molar-refractivity contribution in [1.29, 1.82) is 0 Å². The van der Waals surface area contributed by atoms with Crippen molar-refractivity contribution < 1.29 is 38.1 Å². The highest BCUT2D eigenvalue weighted by Crippen LogP contribution is 2.46. The lowest BCUT2D eigenvalue weighted by molar-refractivity contribution is 0.0592. The van der Waals surface area contributed by atoms with E-state index in [2.05, 4.69) is 69.0 Å². The molecule has 12 aromatic rings. The molecule has 0 spiro atoms. The molecule has 0 unspecified atom stereocenters. The lowest BCUT2D eigenvalue weighted by Gasteiger charge is -2.37. The van der Waals surface area contributed by atoms with E-state index in [-0.39, 0.29) is 29.6 Å². The zero-order valence-corrected chi connectivity index (χ0v) is 51.8. The summed E-state index contributed by atoms with van der Waals surface area (Å²) in [5, 5.41) is 14.7. The summed E-state index contributed by atoms with van der Waals surface area (Å²) in [6.45, 7) is 0.322. The zero-order valence-electron chi connectivity index (χ0n) is 48.1. The number of esters is 2. The second-order valence-electron chi connectivity index (χ2n) is 20.0. The molecule has 0 saturated carbocycles. The average molecular weight is 1330 g/mol. The molecule has 0 aliphatic heterocycles. The average Bonchev–Trinajstić information content (AvgIpc) is 1.70. The maximum atomic E-state index is 13.1. The molecule has 14 nitrogen and oxygen atoms in total. The molecule has 444 valence electrons. The molecule has 0 aliphatic rings. The largest absolute Gasteiger partial charge is 0.465 e. The van der Waals surface area contributed by atoms with Crippen molar-refractivity contribution >= 4 is 97.5 Å². The van der Waals surface area contributed by atoms with Gasteiger partial charge in [0.1, 0.15) is 28.0 Å². The van der Waals surface area contributed by atoms with Crippen LogP contribution in [0, 0.1) is 3.70 Å². The fourth-order valence-corrected chi connectivity index (χ4v) is 11.9. The van der Waals surface area contributed by atoms with Crippen LogP contribution in [0.5, 0.6) is 0 Å². The molecule has 89 heavy (non-hydrogen) atoms. The standard InChI is InChI=1S/C36H28ClN3O4.C28H20ClIN2O2.C8H9NO2/c1-43-34(41)29-22-30-32(23-31(29)37)40(39-33(30)38-35(42)44-24-25-14-6-2-7-15-25)36(26-16-8-3-9-17-26,27-18-10-4-11-19-27)28-20-12-5-13-21-28;1-34-27(33)22-17-23-25(18-24(22)29)32(31-26(23)30)28(19-11-5-2-6-12-19,20-13-7-3-8-14-20)21-15-9-4-10-16-21;9-8(10)11-6-7-4-2-1-3-5-7/h2-23H,24H2,1H3,(H,38,39,42);2-18H,1H3;1-5H,6H2,(H2,9,10). The van der Waals surface area contributed by atoms with E-state index in [0.29, 0.717) is 21.5 Å². The SMILES string of the molecule is COC(=O)c1cc2c(I)nn(C(c3ccccc3)(c3ccccc3)c3ccccc3)c2cc1Cl.COC(=O)c1cc2c(NC(=O)OCc3ccccc3)nn(C(c3ccccc3)(c3ccccc3)c3ccccc3)c2cc1Cl.NC(=O)OCc1ccccc1. The van der Waals surface area contributed by atoms with Crippen LogP contribution in [0.1, 0.15) is 65.2 Å². The fourth-order valence-electron chi connectivity index (χ4n) is 10.8. The summed E-state index contributed by atoms with van der Waals surface area (Å²) < 4.78 is 24.7. The molecule has 0 radical (unpaired) electrons. The van der Waals surface area contributed by atoms with Gasteiger partial charge in [0.05, 0.1) is 46.4 Å². The van der Waals surface area contributed by atoms with Crippen LogP contribution in [0.25, 0.3) is 21.8 Å². The third-order valence-electron chi connectivity index (χ3n) is 14.7. The highest BCUT2D eigenvalue weighted by Gasteiger charge is 2.43. The summed E-state index contributed by atoms with van der Waals surface area (Å²) in [7, 11) is 2.64. The highest BCUT2D eigenvalue weighted by molar-refractivity contribution is 14.1. The smallest absolute Gasteiger partial charge is 0.413 e. The first-order chi connectivity index (χ1) is 43.4. The number of hydrogen-bond acceptors (Lipinski definition) is 10. The third-order valence-corrected chi connectivity index (χ3v) is 16.2. The van der Waals surface area contributed by atoms with E-state index in [0.717, 1.165) is 59.1 Å². The van der Waals surface area contributed by atoms with Gasteiger partial charge in [-0.05, 0) is 91.4 Å². The number of rotatable bonds is 15. The molecule has 12 rings (SSSR count). The van der Waals surface area contributed by atoms with Gasteiger partial charge in [-0.25, -0.2) is 28.5 Å². The van der Waals surface area contributed by atoms with Gasteiger partial charge in [-0.3, -0.25) is 5.32 Å². The van der Waals surface area contributed by atoms with Gasteiger partial charge >= 0.3 is 24.1 Å². The molecule has 0 bridgehead atoms. The number of primary amides is 1. The lowest BCUT2D eigenvalue weighted by atomic mass is 9.77. The molecule has 0 saturated heterocycles. The predicted octanol–water partition coefficient (Wildman–Crippen LogP) is 16.3. The third kappa shape index (κ3) is 13.3. The predicted molar refractivity (Wildman–Crippen MR) is 355 cm³/mol. The van der Waals surface area contributed by atoms with Gasteiger partial charge in [0, 0.05) is 10.8 Å². The van der Waals surface area contributed by atoms with E-state index in [1.165, 1.54) is 14.2 Å². The number of benzene rings is 10. The van der Waals surface area contributed by atoms with Crippen LogP contribution in [-0.2, 0) is 43.2 Å². The molecular weight excluding hydrogens is 1270 g/mol. The number of fused-ring (bicyclic) bond motifs is 2. The molecule has 17 heteroatoms. The molecule has 0 atom stereocenters. The summed E-state index contributed by atoms with van der Waals surface area (Å²) in [6.07, 6.45) is -1.44. The van der Waals surface area contributed by atoms with Crippen molar-refractivity contribution in [1.82, 2.24) is 19.6 Å². The first kappa shape index (κ1) is 62.0. The Morgan fingerprint density at radius 3 is 1.09 bits per heavy atom. The topological polar surface area (TPSA) is 179 Å². The Kier molecular flexibility index (Phi) is 19.9. The summed E-state index contributed by atoms with van der Waals surface area (Å²) in [5.74, 6) is -0.884. The molecule has 0 fully saturated rings. The van der Waals surface area contributed by atoms with Crippen molar-refractivity contribution in [3.63, 3.8) is 0 Å². The van der Waals surface area contributed by atoms with E-state index >= 15 is 0 Å². The highest BCUT2D eigenvalue weighted by atomic mass is 127. The van der Waals surface area contributed by atoms with Crippen LogP contribution in [0.3, 0.4) is 0 Å². The normalized spacial score (nSPS) is 11.1. The van der Waals surface area contributed by atoms with E-state index in [4.69, 9.17) is 53.3 Å². The molecule has 2 aromatic heterocycles. The number of carbonyl (C=O) groups excluding carboxylic acids is 4. The van der Waals surface area contributed by atoms with E-state index < -0.39 is 35.2 Å². The number of nitrogens with two attached hydrogens (primary N) is 1. The van der Waals surface area contributed by atoms with Crippen LogP contribution in [0.4, 0.5) is 15.4 Å². The molecular formula is C72H57Cl2IN6O8. The first-order valence-electron chi connectivity index (χ1n) is 27.9. The van der Waals surface area contributed by atoms with Crippen molar-refractivity contribution in [2.45, 2.75) is 24.3 Å². The minimum Gasteiger partial charge on any atom is -0.465 e. The zero-order chi connectivity index (χ0) is 62.3. The molecule has 0 aliphatic carbocycles. The maximum absolute atomic E-state index is 13.1. The number of ether oxygens (including phenoxy) is 4. The number of aromatic nitrogens is 4. The summed E-state index contributed by atoms with van der Waals surface area (Å²) in [4.78, 5) is 48.3. The van der Waals surface area contributed by atoms with Gasteiger partial charge in [-0.15, -0.1) is 0 Å². The Labute approximate surface area is 537 Å². The lowest BCUT2D eigenvalue weighted by Crippen LogP contribution is -2.38. The first-order valence-corrected chi connectivity index (χ1v) is 29.8. The van der Waals surface area contributed by atoms with E-state index in [9.17, 15) is 19.2 Å². The number of amides is 2. The van der Waals surface area contributed by atoms with Crippen LogP contribution in [0.15, 0.2) is 267 Å².